The van der Waals surface area contributed by atoms with Crippen molar-refractivity contribution < 1.29 is 9.84 Å². The fraction of sp³-hybridized carbons (Fsp3) is 0.562. The van der Waals surface area contributed by atoms with Crippen molar-refractivity contribution >= 4 is 11.0 Å². The van der Waals surface area contributed by atoms with Gasteiger partial charge in [-0.1, -0.05) is 12.1 Å². The number of ether oxygens (including phenoxy) is 1. The van der Waals surface area contributed by atoms with Gasteiger partial charge in [0.25, 0.3) is 0 Å². The number of para-hydroxylation sites is 2. The van der Waals surface area contributed by atoms with Crippen LogP contribution in [0.15, 0.2) is 24.3 Å². The maximum atomic E-state index is 9.66. The molecule has 2 aromatic rings. The Labute approximate surface area is 125 Å². The van der Waals surface area contributed by atoms with Crippen LogP contribution in [0.1, 0.15) is 32.1 Å². The zero-order valence-corrected chi connectivity index (χ0v) is 13.0. The molecule has 1 aromatic carbocycles. The second kappa shape index (κ2) is 7.54. The summed E-state index contributed by atoms with van der Waals surface area (Å²) in [5, 5.41) is 13.1. The van der Waals surface area contributed by atoms with Crippen molar-refractivity contribution in [2.45, 2.75) is 39.0 Å². The Morgan fingerprint density at radius 3 is 2.86 bits per heavy atom. The summed E-state index contributed by atoms with van der Waals surface area (Å²) in [5.41, 5.74) is 2.20. The van der Waals surface area contributed by atoms with Crippen LogP contribution < -0.4 is 5.32 Å². The summed E-state index contributed by atoms with van der Waals surface area (Å²) in [6, 6.07) is 8.34. The van der Waals surface area contributed by atoms with E-state index in [1.54, 1.807) is 7.11 Å². The van der Waals surface area contributed by atoms with E-state index in [2.05, 4.69) is 29.8 Å². The van der Waals surface area contributed by atoms with Gasteiger partial charge in [0.05, 0.1) is 29.8 Å². The number of aliphatic hydroxyl groups excluding tert-OH is 1. The summed E-state index contributed by atoms with van der Waals surface area (Å²) in [5.74, 6) is 1.04. The summed E-state index contributed by atoms with van der Waals surface area (Å²) in [6.45, 7) is 6.25. The van der Waals surface area contributed by atoms with Crippen molar-refractivity contribution in [2.75, 3.05) is 20.3 Å². The van der Waals surface area contributed by atoms with Crippen molar-refractivity contribution in [3.8, 4) is 0 Å². The van der Waals surface area contributed by atoms with Crippen LogP contribution in [0.4, 0.5) is 0 Å². The van der Waals surface area contributed by atoms with E-state index in [1.165, 1.54) is 5.52 Å². The minimum absolute atomic E-state index is 0.145. The molecule has 2 rings (SSSR count). The van der Waals surface area contributed by atoms with Crippen LogP contribution in [0.5, 0.6) is 0 Å². The highest BCUT2D eigenvalue weighted by atomic mass is 16.5. The Bertz CT molecular complexity index is 568. The number of methoxy groups -OCH3 is 1. The molecule has 0 aliphatic carbocycles. The summed E-state index contributed by atoms with van der Waals surface area (Å²) >= 11 is 0. The highest BCUT2D eigenvalue weighted by molar-refractivity contribution is 5.76. The maximum absolute atomic E-state index is 9.66. The van der Waals surface area contributed by atoms with Crippen molar-refractivity contribution in [1.29, 1.82) is 0 Å². The van der Waals surface area contributed by atoms with E-state index in [-0.39, 0.29) is 6.04 Å². The van der Waals surface area contributed by atoms with Gasteiger partial charge in [0.1, 0.15) is 5.82 Å². The van der Waals surface area contributed by atoms with E-state index in [0.29, 0.717) is 13.0 Å². The molecule has 2 atom stereocenters. The number of benzene rings is 1. The molecule has 0 spiro atoms. The van der Waals surface area contributed by atoms with Crippen LogP contribution in [-0.2, 0) is 11.3 Å². The van der Waals surface area contributed by atoms with Gasteiger partial charge < -0.3 is 19.7 Å². The molecular formula is C16H25N3O2. The normalized spacial score (nSPS) is 14.5. The molecule has 1 heterocycles. The summed E-state index contributed by atoms with van der Waals surface area (Å²) in [4.78, 5) is 4.73. The Kier molecular flexibility index (Phi) is 5.73. The minimum atomic E-state index is -0.417. The van der Waals surface area contributed by atoms with E-state index in [9.17, 15) is 5.11 Å². The third-order valence-electron chi connectivity index (χ3n) is 3.67. The molecule has 2 unspecified atom stereocenters. The molecule has 0 amide bonds. The Balaban J connectivity index is 2.03. The summed E-state index contributed by atoms with van der Waals surface area (Å²) in [6.07, 6.45) is 0.254. The SMILES string of the molecule is CCn1c(C(C)NCCC(O)COC)nc2ccccc21. The molecule has 116 valence electrons. The largest absolute Gasteiger partial charge is 0.391 e. The van der Waals surface area contributed by atoms with Gasteiger partial charge in [0.15, 0.2) is 0 Å². The maximum Gasteiger partial charge on any atom is 0.126 e. The van der Waals surface area contributed by atoms with Gasteiger partial charge in [0, 0.05) is 13.7 Å². The highest BCUT2D eigenvalue weighted by Gasteiger charge is 2.15. The fourth-order valence-electron chi connectivity index (χ4n) is 2.59. The molecule has 5 heteroatoms. The third-order valence-corrected chi connectivity index (χ3v) is 3.67. The molecule has 0 saturated carbocycles. The zero-order valence-electron chi connectivity index (χ0n) is 13.0. The first-order valence-electron chi connectivity index (χ1n) is 7.52. The van der Waals surface area contributed by atoms with E-state index < -0.39 is 6.10 Å². The second-order valence-electron chi connectivity index (χ2n) is 5.28. The van der Waals surface area contributed by atoms with Gasteiger partial charge in [-0.15, -0.1) is 0 Å². The zero-order chi connectivity index (χ0) is 15.2. The first-order valence-corrected chi connectivity index (χ1v) is 7.52. The lowest BCUT2D eigenvalue weighted by atomic mass is 10.2. The Morgan fingerprint density at radius 1 is 1.38 bits per heavy atom. The van der Waals surface area contributed by atoms with Crippen LogP contribution >= 0.6 is 0 Å². The number of aliphatic hydroxyl groups is 1. The van der Waals surface area contributed by atoms with Gasteiger partial charge in [0.2, 0.25) is 0 Å². The lowest BCUT2D eigenvalue weighted by Crippen LogP contribution is -2.27. The monoisotopic (exact) mass is 291 g/mol. The number of aromatic nitrogens is 2. The Hall–Kier alpha value is -1.43. The molecule has 2 N–H and O–H groups in total. The molecule has 0 aliphatic rings. The Morgan fingerprint density at radius 2 is 2.14 bits per heavy atom. The van der Waals surface area contributed by atoms with Crippen LogP contribution in [0.3, 0.4) is 0 Å². The molecule has 0 aliphatic heterocycles. The predicted molar refractivity (Wildman–Crippen MR) is 84.3 cm³/mol. The number of nitrogens with one attached hydrogen (secondary N) is 1. The van der Waals surface area contributed by atoms with Gasteiger partial charge in [-0.2, -0.15) is 0 Å². The standard InChI is InChI=1S/C16H25N3O2/c1-4-19-15-8-6-5-7-14(15)18-16(19)12(2)17-10-9-13(20)11-21-3/h5-8,12-13,17,20H,4,9-11H2,1-3H3. The van der Waals surface area contributed by atoms with Crippen molar-refractivity contribution in [3.05, 3.63) is 30.1 Å². The van der Waals surface area contributed by atoms with Crippen LogP contribution in [0, 0.1) is 0 Å². The molecule has 0 fully saturated rings. The molecule has 5 nitrogen and oxygen atoms in total. The van der Waals surface area contributed by atoms with Crippen molar-refractivity contribution in [1.82, 2.24) is 14.9 Å². The van der Waals surface area contributed by atoms with E-state index in [1.807, 2.05) is 18.2 Å². The number of aryl methyl sites for hydroxylation is 1. The molecule has 0 saturated heterocycles. The van der Waals surface area contributed by atoms with Crippen molar-refractivity contribution in [3.63, 3.8) is 0 Å². The van der Waals surface area contributed by atoms with E-state index in [0.717, 1.165) is 24.4 Å². The number of rotatable bonds is 8. The first kappa shape index (κ1) is 15.9. The van der Waals surface area contributed by atoms with Gasteiger partial charge in [-0.3, -0.25) is 0 Å². The molecular weight excluding hydrogens is 266 g/mol. The van der Waals surface area contributed by atoms with Gasteiger partial charge in [-0.05, 0) is 38.9 Å². The lowest BCUT2D eigenvalue weighted by Gasteiger charge is -2.16. The highest BCUT2D eigenvalue weighted by Crippen LogP contribution is 2.20. The first-order chi connectivity index (χ1) is 10.2. The number of nitrogens with zero attached hydrogens (tertiary/aromatic N) is 2. The minimum Gasteiger partial charge on any atom is -0.391 e. The van der Waals surface area contributed by atoms with Gasteiger partial charge in [-0.25, -0.2) is 4.98 Å². The van der Waals surface area contributed by atoms with Crippen LogP contribution in [0.25, 0.3) is 11.0 Å². The quantitative estimate of drug-likeness (QED) is 0.782. The number of hydrogen-bond donors (Lipinski definition) is 2. The van der Waals surface area contributed by atoms with E-state index >= 15 is 0 Å². The number of hydrogen-bond acceptors (Lipinski definition) is 4. The molecule has 21 heavy (non-hydrogen) atoms. The van der Waals surface area contributed by atoms with E-state index in [4.69, 9.17) is 9.72 Å². The van der Waals surface area contributed by atoms with Crippen LogP contribution in [-0.4, -0.2) is 41.0 Å². The number of imidazole rings is 1. The van der Waals surface area contributed by atoms with Crippen LogP contribution in [0.2, 0.25) is 0 Å². The molecule has 1 aromatic heterocycles. The third kappa shape index (κ3) is 3.81. The smallest absolute Gasteiger partial charge is 0.126 e. The molecule has 0 radical (unpaired) electrons. The predicted octanol–water partition coefficient (Wildman–Crippen LogP) is 2.10. The summed E-state index contributed by atoms with van der Waals surface area (Å²) in [7, 11) is 1.60. The molecule has 0 bridgehead atoms. The average molecular weight is 291 g/mol. The average Bonchev–Trinajstić information content (AvgIpc) is 2.86. The summed E-state index contributed by atoms with van der Waals surface area (Å²) < 4.78 is 7.16. The topological polar surface area (TPSA) is 59.3 Å². The number of fused-ring (bicyclic) bond motifs is 1. The van der Waals surface area contributed by atoms with Crippen molar-refractivity contribution in [2.24, 2.45) is 0 Å². The van der Waals surface area contributed by atoms with Gasteiger partial charge >= 0.3 is 0 Å². The lowest BCUT2D eigenvalue weighted by molar-refractivity contribution is 0.0590. The fourth-order valence-corrected chi connectivity index (χ4v) is 2.59. The second-order valence-corrected chi connectivity index (χ2v) is 5.28.